The van der Waals surface area contributed by atoms with E-state index in [2.05, 4.69) is 147 Å². The van der Waals surface area contributed by atoms with Crippen molar-refractivity contribution in [2.75, 3.05) is 0 Å². The fourth-order valence-corrected chi connectivity index (χ4v) is 11.3. The number of nitrogens with zero attached hydrogens (tertiary/aromatic N) is 4. The van der Waals surface area contributed by atoms with E-state index in [1.165, 1.54) is 10.5 Å². The fourth-order valence-electron chi connectivity index (χ4n) is 7.98. The molecule has 0 aliphatic heterocycles. The molecular weight excluding hydrogens is 997 g/mol. The average molecular weight is 1050 g/mol. The summed E-state index contributed by atoms with van der Waals surface area (Å²) in [7, 11) is 0. The smallest absolute Gasteiger partial charge is 0 e. The number of fused-ring (bicyclic) bond motifs is 4. The van der Waals surface area contributed by atoms with Crippen LogP contribution in [0.25, 0.3) is 83.7 Å². The van der Waals surface area contributed by atoms with E-state index in [1.807, 2.05) is 57.3 Å². The van der Waals surface area contributed by atoms with Crippen molar-refractivity contribution in [2.45, 2.75) is 50.8 Å². The van der Waals surface area contributed by atoms with Crippen LogP contribution in [0.1, 0.15) is 42.0 Å². The summed E-state index contributed by atoms with van der Waals surface area (Å²) in [6, 6.07) is 57.3. The van der Waals surface area contributed by atoms with Crippen LogP contribution in [0.4, 0.5) is 0 Å². The third-order valence-corrected chi connectivity index (χ3v) is 15.2. The van der Waals surface area contributed by atoms with Crippen molar-refractivity contribution in [2.24, 2.45) is 0 Å². The summed E-state index contributed by atoms with van der Waals surface area (Å²) in [4.78, 5) is 14.5. The third kappa shape index (κ3) is 8.35. The minimum atomic E-state index is -2.14. The molecule has 4 aromatic heterocycles. The number of rotatable bonds is 7. The number of aromatic nitrogens is 4. The number of hydrogen-bond donors (Lipinski definition) is 0. The molecule has 5 nitrogen and oxygen atoms in total. The SMILES string of the molecule is Cc1ccc2c(n1)oc1c(-c3nc4ccccc4n3-c3c(-c4ccccc4)cccc3-c3ccccc3)[c-]ccc12.[2H]C([2H])([2H])c1c[c-]c(-c2cc(C([2H])(C)C)[c]([Ge]([CH3])([CH3])[CH3])cn2)cc1.[Ir]. The van der Waals surface area contributed by atoms with Crippen LogP contribution >= 0.6 is 0 Å². The number of benzene rings is 6. The van der Waals surface area contributed by atoms with Crippen LogP contribution in [-0.4, -0.2) is 32.8 Å². The molecule has 0 amide bonds. The van der Waals surface area contributed by atoms with Crippen molar-refractivity contribution in [3.63, 3.8) is 0 Å². The van der Waals surface area contributed by atoms with Crippen LogP contribution in [-0.2, 0) is 20.1 Å². The van der Waals surface area contributed by atoms with E-state index in [9.17, 15) is 0 Å². The molecule has 0 atom stereocenters. The van der Waals surface area contributed by atoms with Gasteiger partial charge in [0.05, 0.1) is 28.1 Å². The van der Waals surface area contributed by atoms with Crippen LogP contribution < -0.4 is 4.40 Å². The van der Waals surface area contributed by atoms with Gasteiger partial charge in [0, 0.05) is 42.3 Å². The number of pyridine rings is 2. The normalized spacial score (nSPS) is 12.8. The van der Waals surface area contributed by atoms with E-state index in [4.69, 9.17) is 14.9 Å². The molecular formula is C55H48GeIrN4O-2. The second-order valence-corrected chi connectivity index (χ2v) is 27.1. The molecule has 4 heterocycles. The topological polar surface area (TPSA) is 56.7 Å². The van der Waals surface area contributed by atoms with Crippen molar-refractivity contribution in [3.05, 3.63) is 187 Å². The predicted molar refractivity (Wildman–Crippen MR) is 256 cm³/mol. The molecule has 0 fully saturated rings. The second-order valence-electron chi connectivity index (χ2n) is 16.6. The summed E-state index contributed by atoms with van der Waals surface area (Å²) < 4.78 is 40.8. The predicted octanol–water partition coefficient (Wildman–Crippen LogP) is 14.0. The maximum absolute atomic E-state index is 8.49. The number of hydrogen-bond acceptors (Lipinski definition) is 4. The van der Waals surface area contributed by atoms with E-state index < -0.39 is 26.0 Å². The summed E-state index contributed by atoms with van der Waals surface area (Å²) in [5.74, 6) is 6.95. The summed E-state index contributed by atoms with van der Waals surface area (Å²) in [6.07, 6.45) is 1.91. The Morgan fingerprint density at radius 3 is 2.08 bits per heavy atom. The van der Waals surface area contributed by atoms with E-state index in [0.717, 1.165) is 89.2 Å². The van der Waals surface area contributed by atoms with Gasteiger partial charge >= 0.3 is 131 Å². The second kappa shape index (κ2) is 17.8. The largest absolute Gasteiger partial charge is 0 e. The summed E-state index contributed by atoms with van der Waals surface area (Å²) in [6.45, 7) is 3.64. The molecule has 1 radical (unpaired) electrons. The zero-order valence-electron chi connectivity index (χ0n) is 39.5. The molecule has 0 aliphatic carbocycles. The summed E-state index contributed by atoms with van der Waals surface area (Å²) in [5.41, 5.74) is 13.3. The standard InChI is InChI=1S/C37H24N3O.C18H24GeN.Ir/c1-24-22-23-30-29-18-11-19-31(35(29)41-37(30)38-24)36-39-32-20-8-9-21-33(32)40(36)34-27(25-12-4-2-5-13-25)16-10-17-28(34)26-14-6-3-7-15-26;1-13(2)16-11-18(15-9-7-14(3)8-10-15)20-12-17(16)19(4,5)6;/h2-18,20-23H,1H3;7-9,11-13H,1-6H3;/q2*-1;/i;3D3,13D;. The first kappa shape index (κ1) is 37.8. The van der Waals surface area contributed by atoms with Crippen molar-refractivity contribution in [1.29, 1.82) is 0 Å². The van der Waals surface area contributed by atoms with Gasteiger partial charge in [-0.2, -0.15) is 0 Å². The summed E-state index contributed by atoms with van der Waals surface area (Å²) in [5, 5.41) is 1.98. The van der Waals surface area contributed by atoms with Gasteiger partial charge in [-0.15, -0.1) is 18.2 Å². The molecule has 62 heavy (non-hydrogen) atoms. The van der Waals surface area contributed by atoms with Gasteiger partial charge < -0.3 is 8.98 Å². The molecule has 10 rings (SSSR count). The van der Waals surface area contributed by atoms with Crippen molar-refractivity contribution >= 4 is 50.8 Å². The molecule has 0 bridgehead atoms. The maximum Gasteiger partial charge on any atom is 0 e. The van der Waals surface area contributed by atoms with Gasteiger partial charge in [0.2, 0.25) is 5.71 Å². The molecule has 0 N–H and O–H groups in total. The number of para-hydroxylation sites is 3. The van der Waals surface area contributed by atoms with Gasteiger partial charge in [-0.25, -0.2) is 4.98 Å². The molecule has 10 aromatic rings. The Morgan fingerprint density at radius 2 is 1.44 bits per heavy atom. The maximum atomic E-state index is 8.49. The Balaban J connectivity index is 0.000000204. The van der Waals surface area contributed by atoms with Gasteiger partial charge in [-0.1, -0.05) is 102 Å². The van der Waals surface area contributed by atoms with E-state index >= 15 is 0 Å². The molecule has 6 aromatic carbocycles. The molecule has 0 saturated carbocycles. The number of furan rings is 1. The van der Waals surface area contributed by atoms with E-state index in [1.54, 1.807) is 12.1 Å². The molecule has 7 heteroatoms. The Morgan fingerprint density at radius 1 is 0.742 bits per heavy atom. The number of imidazole rings is 1. The van der Waals surface area contributed by atoms with Crippen LogP contribution in [0.5, 0.6) is 0 Å². The van der Waals surface area contributed by atoms with Crippen LogP contribution in [0.3, 0.4) is 0 Å². The first-order chi connectivity index (χ1) is 31.1. The Labute approximate surface area is 386 Å². The van der Waals surface area contributed by atoms with E-state index in [0.29, 0.717) is 5.71 Å². The Hall–Kier alpha value is -5.92. The van der Waals surface area contributed by atoms with Crippen molar-refractivity contribution < 1.29 is 30.0 Å². The van der Waals surface area contributed by atoms with Gasteiger partial charge in [0.1, 0.15) is 0 Å². The van der Waals surface area contributed by atoms with Gasteiger partial charge in [-0.3, -0.25) is 4.98 Å². The van der Waals surface area contributed by atoms with Gasteiger partial charge in [0.25, 0.3) is 0 Å². The van der Waals surface area contributed by atoms with Gasteiger partial charge in [-0.05, 0) is 42.3 Å². The zero-order chi connectivity index (χ0) is 45.7. The van der Waals surface area contributed by atoms with Crippen molar-refractivity contribution in [3.8, 4) is 50.6 Å². The first-order valence-corrected chi connectivity index (χ1v) is 27.9. The Bertz CT molecular complexity index is 3280. The molecule has 0 spiro atoms. The molecule has 0 saturated heterocycles. The molecule has 309 valence electrons. The molecule has 0 aliphatic rings. The monoisotopic (exact) mass is 1050 g/mol. The minimum absolute atomic E-state index is 0. The average Bonchev–Trinajstić information content (AvgIpc) is 3.87. The van der Waals surface area contributed by atoms with Gasteiger partial charge in [0.15, 0.2) is 0 Å². The Kier molecular flexibility index (Phi) is 10.9. The van der Waals surface area contributed by atoms with Crippen LogP contribution in [0.15, 0.2) is 162 Å². The zero-order valence-corrected chi connectivity index (χ0v) is 40.0. The quantitative estimate of drug-likeness (QED) is 0.118. The first-order valence-electron chi connectivity index (χ1n) is 22.5. The van der Waals surface area contributed by atoms with Crippen LogP contribution in [0.2, 0.25) is 17.3 Å². The van der Waals surface area contributed by atoms with Crippen LogP contribution in [0, 0.1) is 25.9 Å². The summed E-state index contributed by atoms with van der Waals surface area (Å²) >= 11 is -2.14. The molecule has 0 unspecified atom stereocenters. The van der Waals surface area contributed by atoms with E-state index in [-0.39, 0.29) is 25.7 Å². The third-order valence-electron chi connectivity index (χ3n) is 11.0. The van der Waals surface area contributed by atoms with Crippen molar-refractivity contribution in [1.82, 2.24) is 19.5 Å². The fraction of sp³-hybridized carbons (Fsp3) is 0.145. The number of aryl methyl sites for hydroxylation is 2. The minimum Gasteiger partial charge on any atom is 0 e.